The Morgan fingerprint density at radius 3 is 2.83 bits per heavy atom. The van der Waals surface area contributed by atoms with E-state index in [-0.39, 0.29) is 11.9 Å². The second-order valence-electron chi connectivity index (χ2n) is 4.28. The van der Waals surface area contributed by atoms with Crippen LogP contribution in [0.2, 0.25) is 0 Å². The van der Waals surface area contributed by atoms with Gasteiger partial charge in [0.2, 0.25) is 0 Å². The first-order chi connectivity index (χ1) is 8.69. The van der Waals surface area contributed by atoms with Crippen LogP contribution < -0.4 is 10.6 Å². The van der Waals surface area contributed by atoms with Crippen LogP contribution in [-0.4, -0.2) is 39.7 Å². The van der Waals surface area contributed by atoms with Crippen molar-refractivity contribution in [2.45, 2.75) is 18.9 Å². The van der Waals surface area contributed by atoms with Crippen LogP contribution in [0, 0.1) is 0 Å². The summed E-state index contributed by atoms with van der Waals surface area (Å²) in [6.07, 6.45) is 3.17. The number of nitrogens with zero attached hydrogens (tertiary/aromatic N) is 1. The zero-order valence-corrected chi connectivity index (χ0v) is 11.1. The normalized spacial score (nSPS) is 23.4. The first-order valence-electron chi connectivity index (χ1n) is 5.98. The number of aromatic nitrogens is 1. The van der Waals surface area contributed by atoms with E-state index < -0.39 is 10.8 Å². The molecule has 2 N–H and O–H groups in total. The van der Waals surface area contributed by atoms with Crippen molar-refractivity contribution in [1.82, 2.24) is 10.3 Å². The van der Waals surface area contributed by atoms with E-state index in [1.54, 1.807) is 25.4 Å². The second-order valence-corrected chi connectivity index (χ2v) is 5.97. The lowest BCUT2D eigenvalue weighted by Crippen LogP contribution is -2.39. The number of pyridine rings is 1. The molecular formula is C12H17N3O2S. The van der Waals surface area contributed by atoms with Crippen LogP contribution in [0.3, 0.4) is 0 Å². The van der Waals surface area contributed by atoms with Crippen molar-refractivity contribution >= 4 is 22.4 Å². The van der Waals surface area contributed by atoms with Crippen molar-refractivity contribution in [2.24, 2.45) is 0 Å². The largest absolute Gasteiger partial charge is 0.388 e. The molecule has 98 valence electrons. The summed E-state index contributed by atoms with van der Waals surface area (Å²) in [6, 6.07) is 3.65. The molecule has 1 aliphatic rings. The fourth-order valence-corrected chi connectivity index (χ4v) is 3.21. The van der Waals surface area contributed by atoms with Gasteiger partial charge in [0.1, 0.15) is 5.69 Å². The zero-order chi connectivity index (χ0) is 13.0. The highest BCUT2D eigenvalue weighted by atomic mass is 32.2. The lowest BCUT2D eigenvalue weighted by Gasteiger charge is -2.22. The van der Waals surface area contributed by atoms with Gasteiger partial charge in [0.05, 0.1) is 0 Å². The fraction of sp³-hybridized carbons (Fsp3) is 0.500. The molecule has 0 saturated carbocycles. The number of carbonyl (C=O) groups is 1. The minimum Gasteiger partial charge on any atom is -0.388 e. The predicted molar refractivity (Wildman–Crippen MR) is 72.1 cm³/mol. The average molecular weight is 267 g/mol. The Labute approximate surface area is 109 Å². The van der Waals surface area contributed by atoms with Gasteiger partial charge in [-0.15, -0.1) is 0 Å². The molecule has 0 radical (unpaired) electrons. The summed E-state index contributed by atoms with van der Waals surface area (Å²) in [5.41, 5.74) is 1.27. The molecule has 1 fully saturated rings. The molecule has 0 aromatic carbocycles. The first-order valence-corrected chi connectivity index (χ1v) is 7.47. The Balaban J connectivity index is 1.96. The van der Waals surface area contributed by atoms with Crippen LogP contribution >= 0.6 is 0 Å². The lowest BCUT2D eigenvalue weighted by atomic mass is 10.1. The third kappa shape index (κ3) is 3.29. The van der Waals surface area contributed by atoms with Crippen LogP contribution in [0.4, 0.5) is 5.69 Å². The van der Waals surface area contributed by atoms with Crippen molar-refractivity contribution in [3.05, 3.63) is 24.0 Å². The number of carbonyl (C=O) groups excluding carboxylic acids is 1. The summed E-state index contributed by atoms with van der Waals surface area (Å²) in [5.74, 6) is 1.19. The minimum atomic E-state index is -0.702. The van der Waals surface area contributed by atoms with E-state index in [1.165, 1.54) is 0 Å². The smallest absolute Gasteiger partial charge is 0.270 e. The summed E-state index contributed by atoms with van der Waals surface area (Å²) in [5, 5.41) is 5.91. The molecule has 2 heterocycles. The monoisotopic (exact) mass is 267 g/mol. The van der Waals surface area contributed by atoms with Gasteiger partial charge in [0, 0.05) is 47.3 Å². The Hall–Kier alpha value is -1.43. The molecule has 0 bridgehead atoms. The maximum atomic E-state index is 12.0. The SMILES string of the molecule is CNc1ccnc(C(=O)NC2CCS(=O)CC2)c1. The van der Waals surface area contributed by atoms with Gasteiger partial charge in [-0.1, -0.05) is 0 Å². The van der Waals surface area contributed by atoms with E-state index >= 15 is 0 Å². The van der Waals surface area contributed by atoms with E-state index in [9.17, 15) is 9.00 Å². The molecule has 1 aromatic heterocycles. The maximum Gasteiger partial charge on any atom is 0.270 e. The number of hydrogen-bond acceptors (Lipinski definition) is 4. The fourth-order valence-electron chi connectivity index (χ4n) is 1.91. The second kappa shape index (κ2) is 5.95. The standard InChI is InChI=1S/C12H17N3O2S/c1-13-10-2-5-14-11(8-10)12(16)15-9-3-6-18(17)7-4-9/h2,5,8-9H,3-4,6-7H2,1H3,(H,13,14)(H,15,16). The van der Waals surface area contributed by atoms with Gasteiger partial charge in [-0.2, -0.15) is 0 Å². The van der Waals surface area contributed by atoms with Gasteiger partial charge >= 0.3 is 0 Å². The third-order valence-corrected chi connectivity index (χ3v) is 4.39. The van der Waals surface area contributed by atoms with Crippen LogP contribution in [-0.2, 0) is 10.8 Å². The molecule has 0 aliphatic carbocycles. The summed E-state index contributed by atoms with van der Waals surface area (Å²) in [6.45, 7) is 0. The summed E-state index contributed by atoms with van der Waals surface area (Å²) in [4.78, 5) is 16.0. The topological polar surface area (TPSA) is 71.1 Å². The average Bonchev–Trinajstić information content (AvgIpc) is 2.41. The van der Waals surface area contributed by atoms with E-state index in [4.69, 9.17) is 0 Å². The molecule has 18 heavy (non-hydrogen) atoms. The van der Waals surface area contributed by atoms with E-state index in [1.807, 2.05) is 0 Å². The van der Waals surface area contributed by atoms with Crippen molar-refractivity contribution in [1.29, 1.82) is 0 Å². The highest BCUT2D eigenvalue weighted by Crippen LogP contribution is 2.11. The number of amides is 1. The molecule has 1 saturated heterocycles. The van der Waals surface area contributed by atoms with E-state index in [0.717, 1.165) is 18.5 Å². The Morgan fingerprint density at radius 2 is 2.17 bits per heavy atom. The highest BCUT2D eigenvalue weighted by Gasteiger charge is 2.20. The summed E-state index contributed by atoms with van der Waals surface area (Å²) in [7, 11) is 1.10. The van der Waals surface area contributed by atoms with Gasteiger partial charge in [0.25, 0.3) is 5.91 Å². The molecule has 0 unspecified atom stereocenters. The van der Waals surface area contributed by atoms with Crippen LogP contribution in [0.1, 0.15) is 23.3 Å². The Kier molecular flexibility index (Phi) is 4.30. The number of nitrogens with one attached hydrogen (secondary N) is 2. The summed E-state index contributed by atoms with van der Waals surface area (Å²) < 4.78 is 11.2. The summed E-state index contributed by atoms with van der Waals surface area (Å²) >= 11 is 0. The van der Waals surface area contributed by atoms with Gasteiger partial charge in [-0.3, -0.25) is 14.0 Å². The molecule has 1 aromatic rings. The van der Waals surface area contributed by atoms with Crippen LogP contribution in [0.5, 0.6) is 0 Å². The van der Waals surface area contributed by atoms with Crippen molar-refractivity contribution in [3.8, 4) is 0 Å². The molecule has 0 atom stereocenters. The lowest BCUT2D eigenvalue weighted by molar-refractivity contribution is 0.0929. The Bertz CT molecular complexity index is 454. The zero-order valence-electron chi connectivity index (χ0n) is 10.3. The molecular weight excluding hydrogens is 250 g/mol. The number of hydrogen-bond donors (Lipinski definition) is 2. The molecule has 1 amide bonds. The number of rotatable bonds is 3. The number of anilines is 1. The molecule has 2 rings (SSSR count). The van der Waals surface area contributed by atoms with Gasteiger partial charge in [-0.05, 0) is 25.0 Å². The van der Waals surface area contributed by atoms with Crippen LogP contribution in [0.25, 0.3) is 0 Å². The quantitative estimate of drug-likeness (QED) is 0.848. The third-order valence-electron chi connectivity index (χ3n) is 3.00. The first kappa shape index (κ1) is 13.0. The van der Waals surface area contributed by atoms with E-state index in [2.05, 4.69) is 15.6 Å². The van der Waals surface area contributed by atoms with Gasteiger partial charge in [0.15, 0.2) is 0 Å². The molecule has 1 aliphatic heterocycles. The van der Waals surface area contributed by atoms with Crippen LogP contribution in [0.15, 0.2) is 18.3 Å². The minimum absolute atomic E-state index is 0.121. The van der Waals surface area contributed by atoms with Crippen molar-refractivity contribution in [2.75, 3.05) is 23.9 Å². The van der Waals surface area contributed by atoms with Crippen molar-refractivity contribution < 1.29 is 9.00 Å². The van der Waals surface area contributed by atoms with Gasteiger partial charge < -0.3 is 10.6 Å². The maximum absolute atomic E-state index is 12.0. The van der Waals surface area contributed by atoms with Crippen molar-refractivity contribution in [3.63, 3.8) is 0 Å². The Morgan fingerprint density at radius 1 is 1.44 bits per heavy atom. The molecule has 5 nitrogen and oxygen atoms in total. The molecule has 0 spiro atoms. The highest BCUT2D eigenvalue weighted by molar-refractivity contribution is 7.85. The van der Waals surface area contributed by atoms with Gasteiger partial charge in [-0.25, -0.2) is 0 Å². The van der Waals surface area contributed by atoms with E-state index in [0.29, 0.717) is 17.2 Å². The molecule has 6 heteroatoms. The predicted octanol–water partition coefficient (Wildman–Crippen LogP) is 0.764.